The summed E-state index contributed by atoms with van der Waals surface area (Å²) < 4.78 is 11.4. The summed E-state index contributed by atoms with van der Waals surface area (Å²) in [6, 6.07) is 37.9. The molecule has 320 valence electrons. The van der Waals surface area contributed by atoms with Crippen LogP contribution in [-0.4, -0.2) is 78.7 Å². The van der Waals surface area contributed by atoms with Crippen molar-refractivity contribution in [1.29, 1.82) is 0 Å². The fourth-order valence-corrected chi connectivity index (χ4v) is 13.0. The lowest BCUT2D eigenvalue weighted by atomic mass is 9.80. The summed E-state index contributed by atoms with van der Waals surface area (Å²) in [6.45, 7) is -1.01. The van der Waals surface area contributed by atoms with E-state index >= 15 is 4.79 Å². The number of esters is 1. The smallest absolute Gasteiger partial charge is 0.407 e. The summed E-state index contributed by atoms with van der Waals surface area (Å²) >= 11 is 1.15. The molecule has 0 aromatic heterocycles. The van der Waals surface area contributed by atoms with Gasteiger partial charge in [0, 0.05) is 43.4 Å². The van der Waals surface area contributed by atoms with Gasteiger partial charge >= 0.3 is 12.1 Å². The number of alkyl carbamates (subject to hydrolysis) is 1. The van der Waals surface area contributed by atoms with Gasteiger partial charge in [0.05, 0.1) is 33.2 Å². The molecule has 6 rings (SSSR count). The van der Waals surface area contributed by atoms with Crippen molar-refractivity contribution in [2.24, 2.45) is 5.92 Å². The molecule has 15 nitrogen and oxygen atoms in total. The molecule has 0 saturated carbocycles. The van der Waals surface area contributed by atoms with Crippen LogP contribution >= 0.6 is 18.6 Å². The number of hydrogen-bond donors (Lipinski definition) is 2. The number of benzene rings is 5. The molecule has 0 radical (unpaired) electrons. The SMILES string of the molecule is CC(=O)C(SCCNC(=O)OCc1ccc([N+](=O)[O-])cc1)[C@H]1[C@@H]([C@@H](C)O)C(=O)N1C(C(=O)OCc1ccc([N+](=O)[O-])cc1)=P(c1ccccc1)(c1ccccc1)c1ccccc1. The number of aliphatic hydroxyl groups excluding tert-OH is 1. The highest BCUT2D eigenvalue weighted by Crippen LogP contribution is 2.50. The lowest BCUT2D eigenvalue weighted by molar-refractivity contribution is -0.385. The predicted octanol–water partition coefficient (Wildman–Crippen LogP) is 5.50. The number of ether oxygens (including phenoxy) is 2. The van der Waals surface area contributed by atoms with E-state index in [1.165, 1.54) is 67.3 Å². The van der Waals surface area contributed by atoms with Gasteiger partial charge in [-0.25, -0.2) is 9.59 Å². The number of β-lactam (4-membered cyclic amide) rings is 1. The Morgan fingerprint density at radius 2 is 1.18 bits per heavy atom. The number of amides is 2. The van der Waals surface area contributed by atoms with Crippen LogP contribution in [-0.2, 0) is 37.1 Å². The maximum Gasteiger partial charge on any atom is 0.407 e. The number of carbonyl (C=O) groups is 4. The van der Waals surface area contributed by atoms with E-state index in [9.17, 15) is 39.7 Å². The molecule has 4 atom stereocenters. The van der Waals surface area contributed by atoms with Gasteiger partial charge in [-0.2, -0.15) is 0 Å². The molecule has 1 heterocycles. The molecule has 1 aliphatic rings. The Hall–Kier alpha value is -6.61. The first kappa shape index (κ1) is 44.9. The maximum atomic E-state index is 15.2. The first-order valence-corrected chi connectivity index (χ1v) is 22.3. The quantitative estimate of drug-likeness (QED) is 0.0280. The first-order chi connectivity index (χ1) is 29.8. The van der Waals surface area contributed by atoms with Crippen LogP contribution in [0.25, 0.3) is 0 Å². The number of carbonyl (C=O) groups excluding carboxylic acids is 4. The van der Waals surface area contributed by atoms with Crippen LogP contribution in [0.3, 0.4) is 0 Å². The number of ketones is 1. The number of nitrogens with zero attached hydrogens (tertiary/aromatic N) is 3. The third-order valence-electron chi connectivity index (χ3n) is 10.3. The molecule has 2 amide bonds. The van der Waals surface area contributed by atoms with E-state index in [-0.39, 0.29) is 48.1 Å². The van der Waals surface area contributed by atoms with E-state index in [0.717, 1.165) is 11.8 Å². The van der Waals surface area contributed by atoms with Crippen LogP contribution < -0.4 is 21.2 Å². The number of rotatable bonds is 18. The topological polar surface area (TPSA) is 209 Å². The molecule has 0 spiro atoms. The molecule has 0 aliphatic carbocycles. The van der Waals surface area contributed by atoms with Crippen molar-refractivity contribution >= 4 is 75.1 Å². The summed E-state index contributed by atoms with van der Waals surface area (Å²) in [5, 5.41) is 37.2. The summed E-state index contributed by atoms with van der Waals surface area (Å²) in [5.41, 5.74) is 0.728. The van der Waals surface area contributed by atoms with Crippen LogP contribution in [0.15, 0.2) is 140 Å². The van der Waals surface area contributed by atoms with Crippen LogP contribution in [0.5, 0.6) is 0 Å². The number of aliphatic hydroxyl groups is 1. The number of thioether (sulfide) groups is 1. The van der Waals surface area contributed by atoms with Crippen molar-refractivity contribution in [3.05, 3.63) is 171 Å². The van der Waals surface area contributed by atoms with Gasteiger partial charge in [-0.15, -0.1) is 11.8 Å². The Kier molecular flexibility index (Phi) is 14.7. The molecule has 5 aromatic rings. The van der Waals surface area contributed by atoms with Crippen molar-refractivity contribution < 1.29 is 43.6 Å². The zero-order valence-corrected chi connectivity index (χ0v) is 35.4. The van der Waals surface area contributed by atoms with Crippen molar-refractivity contribution in [3.8, 4) is 0 Å². The molecule has 5 aromatic carbocycles. The Balaban J connectivity index is 1.41. The van der Waals surface area contributed by atoms with Crippen LogP contribution in [0.2, 0.25) is 0 Å². The van der Waals surface area contributed by atoms with Gasteiger partial charge in [-0.1, -0.05) is 91.0 Å². The second kappa shape index (κ2) is 20.3. The lowest BCUT2D eigenvalue weighted by Crippen LogP contribution is -2.72. The van der Waals surface area contributed by atoms with Gasteiger partial charge in [0.15, 0.2) is 0 Å². The van der Waals surface area contributed by atoms with Crippen LogP contribution in [0.4, 0.5) is 16.2 Å². The molecule has 0 bridgehead atoms. The molecule has 1 unspecified atom stereocenters. The highest BCUT2D eigenvalue weighted by atomic mass is 32.2. The number of nitrogens with one attached hydrogen (secondary N) is 1. The highest BCUT2D eigenvalue weighted by Gasteiger charge is 2.58. The fraction of sp³-hybridized carbons (Fsp3) is 0.222. The maximum absolute atomic E-state index is 15.2. The molecule has 62 heavy (non-hydrogen) atoms. The average molecular weight is 879 g/mol. The Labute approximate surface area is 361 Å². The van der Waals surface area contributed by atoms with Crippen molar-refractivity contribution in [2.45, 2.75) is 44.5 Å². The number of hydrogen-bond acceptors (Lipinski definition) is 12. The van der Waals surface area contributed by atoms with E-state index < -0.39 is 58.0 Å². The number of Topliss-reactive ketones (excluding diaryl/α,β-unsaturated/α-hetero) is 1. The van der Waals surface area contributed by atoms with E-state index in [4.69, 9.17) is 9.47 Å². The third kappa shape index (κ3) is 9.78. The number of likely N-dealkylation sites (tertiary alicyclic amines) is 1. The lowest BCUT2D eigenvalue weighted by Gasteiger charge is -2.53. The van der Waals surface area contributed by atoms with E-state index in [1.807, 2.05) is 91.0 Å². The molecule has 1 saturated heterocycles. The van der Waals surface area contributed by atoms with Crippen molar-refractivity contribution in [1.82, 2.24) is 10.2 Å². The first-order valence-electron chi connectivity index (χ1n) is 19.5. The zero-order valence-electron chi connectivity index (χ0n) is 33.6. The average Bonchev–Trinajstić information content (AvgIpc) is 3.28. The monoisotopic (exact) mass is 878 g/mol. The summed E-state index contributed by atoms with van der Waals surface area (Å²) in [5.74, 6) is -2.72. The van der Waals surface area contributed by atoms with Gasteiger partial charge in [0.2, 0.25) is 5.91 Å². The number of nitro benzene ring substituents is 2. The second-order valence-electron chi connectivity index (χ2n) is 14.3. The molecule has 17 heteroatoms. The zero-order chi connectivity index (χ0) is 44.4. The minimum absolute atomic E-state index is 0.0188. The normalized spacial score (nSPS) is 15.7. The molecular formula is C45H43N4O11PS. The largest absolute Gasteiger partial charge is 0.456 e. The Morgan fingerprint density at radius 3 is 1.58 bits per heavy atom. The van der Waals surface area contributed by atoms with Crippen LogP contribution in [0, 0.1) is 26.1 Å². The highest BCUT2D eigenvalue weighted by molar-refractivity contribution is 8.00. The minimum atomic E-state index is -3.42. The molecule has 1 fully saturated rings. The number of nitro groups is 2. The Morgan fingerprint density at radius 1 is 0.742 bits per heavy atom. The van der Waals surface area contributed by atoms with Gasteiger partial charge in [-0.3, -0.25) is 34.7 Å². The molecular weight excluding hydrogens is 836 g/mol. The third-order valence-corrected chi connectivity index (χ3v) is 15.9. The summed E-state index contributed by atoms with van der Waals surface area (Å²) in [7, 11) is 0. The predicted molar refractivity (Wildman–Crippen MR) is 237 cm³/mol. The summed E-state index contributed by atoms with van der Waals surface area (Å²) in [6.07, 6.45) is -1.99. The number of non-ortho nitro benzene ring substituents is 2. The van der Waals surface area contributed by atoms with Crippen LogP contribution in [0.1, 0.15) is 25.0 Å². The van der Waals surface area contributed by atoms with Gasteiger partial charge in [-0.05, 0) is 65.2 Å². The van der Waals surface area contributed by atoms with E-state index in [0.29, 0.717) is 27.0 Å². The Bertz CT molecular complexity index is 2370. The second-order valence-corrected chi connectivity index (χ2v) is 18.9. The molecule has 1 aliphatic heterocycles. The van der Waals surface area contributed by atoms with E-state index in [1.54, 1.807) is 0 Å². The summed E-state index contributed by atoms with van der Waals surface area (Å²) in [4.78, 5) is 78.9. The fourth-order valence-electron chi connectivity index (χ4n) is 7.40. The minimum Gasteiger partial charge on any atom is -0.456 e. The standard InChI is InChI=1S/C45H43N4O11PS/c1-30(50)39-40(41(31(2)51)62-27-26-46-45(54)60-29-33-20-24-35(25-21-33)49(57)58)47(42(39)52)43(44(53)59-28-32-18-22-34(23-19-32)48(55)56)61(36-12-6-3-7-13-36,37-14-8-4-9-15-37)38-16-10-5-11-17-38/h3-25,30,39-41,50H,26-29H2,1-2H3,(H,46,54)/t30-,39-,40-,41?/m1/s1. The van der Waals surface area contributed by atoms with Gasteiger partial charge < -0.3 is 19.9 Å². The van der Waals surface area contributed by atoms with Gasteiger partial charge in [0.1, 0.15) is 24.4 Å². The van der Waals surface area contributed by atoms with Crippen molar-refractivity contribution in [2.75, 3.05) is 12.3 Å². The van der Waals surface area contributed by atoms with E-state index in [2.05, 4.69) is 5.32 Å². The molecule has 2 N–H and O–H groups in total. The van der Waals surface area contributed by atoms with Gasteiger partial charge in [0.25, 0.3) is 11.4 Å². The van der Waals surface area contributed by atoms with Crippen molar-refractivity contribution in [3.63, 3.8) is 0 Å².